The minimum Gasteiger partial charge on any atom is -0.464 e. The number of ether oxygens (including phenoxy) is 2. The number of carbonyl (C=O) groups is 3. The van der Waals surface area contributed by atoms with Gasteiger partial charge >= 0.3 is 18.3 Å². The Labute approximate surface area is 154 Å². The molecule has 0 saturated carbocycles. The number of carboxylic acid groups (broad SMARTS) is 1. The van der Waals surface area contributed by atoms with Gasteiger partial charge in [-0.05, 0) is 41.5 Å². The van der Waals surface area contributed by atoms with Gasteiger partial charge < -0.3 is 14.6 Å². The number of hydrogen-bond donors (Lipinski definition) is 1. The Morgan fingerprint density at radius 1 is 1.00 bits per heavy atom. The standard InChI is InChI=1S/C16H21N5O6/c1-15(2,3)26-13(24)21(14(25)27-16(4,5)6)11-17-7-9-10(19-11)20(8-18-9)12(22)23/h7-8H,1-6H3,(H,22,23). The Kier molecular flexibility index (Phi) is 5.07. The molecule has 2 heterocycles. The third-order valence-electron chi connectivity index (χ3n) is 2.84. The maximum Gasteiger partial charge on any atom is 0.427 e. The zero-order chi connectivity index (χ0) is 20.6. The van der Waals surface area contributed by atoms with Crippen molar-refractivity contribution < 1.29 is 29.0 Å². The van der Waals surface area contributed by atoms with E-state index in [1.165, 1.54) is 6.20 Å². The van der Waals surface area contributed by atoms with Crippen LogP contribution in [0, 0.1) is 0 Å². The van der Waals surface area contributed by atoms with E-state index in [0.29, 0.717) is 4.90 Å². The number of hydrogen-bond acceptors (Lipinski definition) is 8. The molecule has 0 fully saturated rings. The second-order valence-corrected chi connectivity index (χ2v) is 7.57. The highest BCUT2D eigenvalue weighted by atomic mass is 16.6. The van der Waals surface area contributed by atoms with Gasteiger partial charge in [-0.3, -0.25) is 0 Å². The molecular weight excluding hydrogens is 358 g/mol. The van der Waals surface area contributed by atoms with Gasteiger partial charge in [0, 0.05) is 0 Å². The number of carbonyl (C=O) groups excluding carboxylic acids is 2. The van der Waals surface area contributed by atoms with Crippen LogP contribution < -0.4 is 4.90 Å². The molecule has 0 bridgehead atoms. The van der Waals surface area contributed by atoms with Crippen LogP contribution >= 0.6 is 0 Å². The number of anilines is 1. The summed E-state index contributed by atoms with van der Waals surface area (Å²) in [7, 11) is 0. The predicted molar refractivity (Wildman–Crippen MR) is 93.7 cm³/mol. The molecule has 0 aromatic carbocycles. The zero-order valence-corrected chi connectivity index (χ0v) is 15.9. The fourth-order valence-electron chi connectivity index (χ4n) is 1.90. The van der Waals surface area contributed by atoms with E-state index in [-0.39, 0.29) is 11.2 Å². The van der Waals surface area contributed by atoms with Crippen molar-refractivity contribution in [1.29, 1.82) is 0 Å². The molecular formula is C16H21N5O6. The van der Waals surface area contributed by atoms with E-state index in [9.17, 15) is 19.5 Å². The van der Waals surface area contributed by atoms with Gasteiger partial charge in [-0.15, -0.1) is 4.90 Å². The summed E-state index contributed by atoms with van der Waals surface area (Å²) in [6.45, 7) is 9.76. The highest BCUT2D eigenvalue weighted by Crippen LogP contribution is 2.20. The third kappa shape index (κ3) is 4.90. The van der Waals surface area contributed by atoms with Crippen LogP contribution in [0.1, 0.15) is 41.5 Å². The Bertz CT molecular complexity index is 865. The average molecular weight is 379 g/mol. The lowest BCUT2D eigenvalue weighted by Crippen LogP contribution is -2.44. The Morgan fingerprint density at radius 3 is 1.96 bits per heavy atom. The number of fused-ring (bicyclic) bond motifs is 1. The number of amides is 2. The highest BCUT2D eigenvalue weighted by molar-refractivity contribution is 6.08. The van der Waals surface area contributed by atoms with Gasteiger partial charge in [0.15, 0.2) is 5.65 Å². The van der Waals surface area contributed by atoms with Gasteiger partial charge in [0.05, 0.1) is 6.20 Å². The molecule has 11 nitrogen and oxygen atoms in total. The molecule has 2 aromatic heterocycles. The summed E-state index contributed by atoms with van der Waals surface area (Å²) in [6, 6.07) is 0. The van der Waals surface area contributed by atoms with E-state index >= 15 is 0 Å². The molecule has 11 heteroatoms. The maximum atomic E-state index is 12.6. The second kappa shape index (κ2) is 6.82. The first-order valence-electron chi connectivity index (χ1n) is 7.98. The van der Waals surface area contributed by atoms with Gasteiger partial charge in [-0.2, -0.15) is 4.98 Å². The zero-order valence-electron chi connectivity index (χ0n) is 15.9. The number of rotatable bonds is 1. The maximum absolute atomic E-state index is 12.6. The van der Waals surface area contributed by atoms with E-state index in [0.717, 1.165) is 10.9 Å². The molecule has 2 amide bonds. The number of aromatic nitrogens is 4. The molecule has 0 atom stereocenters. The monoisotopic (exact) mass is 379 g/mol. The Hall–Kier alpha value is -3.24. The Morgan fingerprint density at radius 2 is 1.52 bits per heavy atom. The van der Waals surface area contributed by atoms with E-state index in [1.807, 2.05) is 0 Å². The van der Waals surface area contributed by atoms with Crippen molar-refractivity contribution in [1.82, 2.24) is 19.5 Å². The van der Waals surface area contributed by atoms with Crippen LogP contribution in [-0.2, 0) is 9.47 Å². The van der Waals surface area contributed by atoms with Gasteiger partial charge in [-0.25, -0.2) is 28.9 Å². The van der Waals surface area contributed by atoms with E-state index in [1.54, 1.807) is 41.5 Å². The Balaban J connectivity index is 2.53. The van der Waals surface area contributed by atoms with Gasteiger partial charge in [0.2, 0.25) is 5.95 Å². The van der Waals surface area contributed by atoms with Crippen molar-refractivity contribution in [3.05, 3.63) is 12.5 Å². The number of imide groups is 1. The topological polar surface area (TPSA) is 137 Å². The number of nitrogens with zero attached hydrogens (tertiary/aromatic N) is 5. The van der Waals surface area contributed by atoms with Crippen LogP contribution in [0.25, 0.3) is 11.2 Å². The molecule has 2 rings (SSSR count). The summed E-state index contributed by atoms with van der Waals surface area (Å²) in [6.07, 6.45) is -1.21. The summed E-state index contributed by atoms with van der Waals surface area (Å²) in [5.41, 5.74) is -1.71. The van der Waals surface area contributed by atoms with Crippen molar-refractivity contribution in [2.45, 2.75) is 52.7 Å². The molecule has 27 heavy (non-hydrogen) atoms. The molecule has 2 aromatic rings. The van der Waals surface area contributed by atoms with Gasteiger partial charge in [-0.1, -0.05) is 0 Å². The van der Waals surface area contributed by atoms with Gasteiger partial charge in [0.1, 0.15) is 23.0 Å². The second-order valence-electron chi connectivity index (χ2n) is 7.57. The first-order chi connectivity index (χ1) is 12.3. The molecule has 0 saturated heterocycles. The SMILES string of the molecule is CC(C)(C)OC(=O)N(C(=O)OC(C)(C)C)c1ncc2ncn(C(=O)O)c2n1. The normalized spacial score (nSPS) is 11.9. The van der Waals surface area contributed by atoms with Gasteiger partial charge in [0.25, 0.3) is 0 Å². The molecule has 146 valence electrons. The van der Waals surface area contributed by atoms with E-state index in [4.69, 9.17) is 9.47 Å². The van der Waals surface area contributed by atoms with Crippen molar-refractivity contribution in [2.24, 2.45) is 0 Å². The van der Waals surface area contributed by atoms with Crippen LogP contribution in [0.15, 0.2) is 12.5 Å². The lowest BCUT2D eigenvalue weighted by atomic mass is 10.2. The lowest BCUT2D eigenvalue weighted by molar-refractivity contribution is 0.0427. The minimum absolute atomic E-state index is 0.0929. The van der Waals surface area contributed by atoms with Crippen LogP contribution in [-0.4, -0.2) is 54.1 Å². The van der Waals surface area contributed by atoms with E-state index < -0.39 is 35.4 Å². The average Bonchev–Trinajstić information content (AvgIpc) is 2.86. The molecule has 0 aliphatic rings. The summed E-state index contributed by atoms with van der Waals surface area (Å²) >= 11 is 0. The highest BCUT2D eigenvalue weighted by Gasteiger charge is 2.35. The van der Waals surface area contributed by atoms with Crippen LogP contribution in [0.3, 0.4) is 0 Å². The third-order valence-corrected chi connectivity index (χ3v) is 2.84. The first-order valence-corrected chi connectivity index (χ1v) is 7.98. The summed E-state index contributed by atoms with van der Waals surface area (Å²) in [5.74, 6) is -0.394. The predicted octanol–water partition coefficient (Wildman–Crippen LogP) is 3.03. The van der Waals surface area contributed by atoms with E-state index in [2.05, 4.69) is 15.0 Å². The molecule has 0 aliphatic heterocycles. The molecule has 0 radical (unpaired) electrons. The van der Waals surface area contributed by atoms with Crippen LogP contribution in [0.5, 0.6) is 0 Å². The molecule has 0 aliphatic carbocycles. The fraction of sp³-hybridized carbons (Fsp3) is 0.500. The first kappa shape index (κ1) is 20.1. The summed E-state index contributed by atoms with van der Waals surface area (Å²) < 4.78 is 11.2. The number of imidazole rings is 1. The smallest absolute Gasteiger partial charge is 0.427 e. The van der Waals surface area contributed by atoms with Crippen molar-refractivity contribution >= 4 is 35.4 Å². The largest absolute Gasteiger partial charge is 0.464 e. The lowest BCUT2D eigenvalue weighted by Gasteiger charge is -2.27. The van der Waals surface area contributed by atoms with Crippen molar-refractivity contribution in [3.8, 4) is 0 Å². The van der Waals surface area contributed by atoms with Crippen LogP contribution in [0.2, 0.25) is 0 Å². The fourth-order valence-corrected chi connectivity index (χ4v) is 1.90. The minimum atomic E-state index is -1.33. The molecule has 0 unspecified atom stereocenters. The summed E-state index contributed by atoms with van der Waals surface area (Å²) in [4.78, 5) is 48.7. The molecule has 1 N–H and O–H groups in total. The van der Waals surface area contributed by atoms with Crippen LogP contribution in [0.4, 0.5) is 20.3 Å². The summed E-state index contributed by atoms with van der Waals surface area (Å²) in [5, 5.41) is 9.19. The van der Waals surface area contributed by atoms with Crippen molar-refractivity contribution in [2.75, 3.05) is 4.90 Å². The van der Waals surface area contributed by atoms with Crippen molar-refractivity contribution in [3.63, 3.8) is 0 Å². The quantitative estimate of drug-likeness (QED) is 0.792. The molecule has 0 spiro atoms.